The number of rotatable bonds is 3. The van der Waals surface area contributed by atoms with Gasteiger partial charge in [-0.3, -0.25) is 4.99 Å². The Morgan fingerprint density at radius 2 is 2.32 bits per heavy atom. The van der Waals surface area contributed by atoms with E-state index in [9.17, 15) is 0 Å². The van der Waals surface area contributed by atoms with Crippen LogP contribution in [0, 0.1) is 5.41 Å². The normalized spacial score (nSPS) is 29.8. The average Bonchev–Trinajstić information content (AvgIpc) is 2.77. The van der Waals surface area contributed by atoms with Gasteiger partial charge in [-0.2, -0.15) is 0 Å². The van der Waals surface area contributed by atoms with Gasteiger partial charge in [-0.1, -0.05) is 20.8 Å². The molecule has 4 nitrogen and oxygen atoms in total. The van der Waals surface area contributed by atoms with Gasteiger partial charge in [-0.05, 0) is 30.4 Å². The number of furan rings is 1. The van der Waals surface area contributed by atoms with E-state index in [1.165, 1.54) is 0 Å². The lowest BCUT2D eigenvalue weighted by Gasteiger charge is -2.23. The topological polar surface area (TPSA) is 49.6 Å². The summed E-state index contributed by atoms with van der Waals surface area (Å²) in [5.41, 5.74) is 0.346. The summed E-state index contributed by atoms with van der Waals surface area (Å²) >= 11 is 0. The molecular formula is C15H23N3O. The van der Waals surface area contributed by atoms with Crippen LogP contribution in [0.15, 0.2) is 27.8 Å². The van der Waals surface area contributed by atoms with Gasteiger partial charge in [0.15, 0.2) is 5.96 Å². The molecule has 1 aromatic rings. The maximum atomic E-state index is 5.44. The minimum atomic E-state index is 0.346. The molecule has 0 radical (unpaired) electrons. The zero-order valence-electron chi connectivity index (χ0n) is 11.9. The Morgan fingerprint density at radius 1 is 1.47 bits per heavy atom. The van der Waals surface area contributed by atoms with Crippen LogP contribution >= 0.6 is 0 Å². The summed E-state index contributed by atoms with van der Waals surface area (Å²) in [7, 11) is 0. The third kappa shape index (κ3) is 3.11. The van der Waals surface area contributed by atoms with Crippen molar-refractivity contribution in [1.29, 1.82) is 0 Å². The summed E-state index contributed by atoms with van der Waals surface area (Å²) in [4.78, 5) is 4.56. The van der Waals surface area contributed by atoms with Gasteiger partial charge >= 0.3 is 0 Å². The maximum Gasteiger partial charge on any atom is 0.191 e. The van der Waals surface area contributed by atoms with Crippen LogP contribution in [-0.2, 0) is 0 Å². The molecule has 2 heterocycles. The standard InChI is InChI=1S/C15H23N3O/c1-15(2,3)8-10-9-16-14(17-10)18-12-7-11(12)13-5-4-6-19-13/h4-6,10-12H,7-9H2,1-3H3,(H2,16,17,18)/t10?,11-,12-/m1/s1. The molecule has 1 unspecified atom stereocenters. The SMILES string of the molecule is CC(C)(C)CC1CN=C(N[C@@H]2C[C@H]2c2ccco2)N1. The first-order chi connectivity index (χ1) is 9.01. The molecule has 0 bridgehead atoms. The van der Waals surface area contributed by atoms with E-state index in [0.29, 0.717) is 23.4 Å². The van der Waals surface area contributed by atoms with Crippen molar-refractivity contribution in [3.05, 3.63) is 24.2 Å². The number of nitrogens with zero attached hydrogens (tertiary/aromatic N) is 1. The monoisotopic (exact) mass is 261 g/mol. The molecule has 3 rings (SSSR count). The minimum Gasteiger partial charge on any atom is -0.469 e. The Bertz CT molecular complexity index is 458. The number of guanidine groups is 1. The lowest BCUT2D eigenvalue weighted by Crippen LogP contribution is -2.41. The van der Waals surface area contributed by atoms with Crippen molar-refractivity contribution in [1.82, 2.24) is 10.6 Å². The molecule has 1 aromatic heterocycles. The van der Waals surface area contributed by atoms with Crippen LogP contribution in [0.25, 0.3) is 0 Å². The van der Waals surface area contributed by atoms with Crippen molar-refractivity contribution in [3.63, 3.8) is 0 Å². The molecule has 3 atom stereocenters. The Balaban J connectivity index is 1.46. The van der Waals surface area contributed by atoms with E-state index in [1.807, 2.05) is 6.07 Å². The smallest absolute Gasteiger partial charge is 0.191 e. The first-order valence-electron chi connectivity index (χ1n) is 7.12. The van der Waals surface area contributed by atoms with Crippen LogP contribution in [0.1, 0.15) is 45.3 Å². The Kier molecular flexibility index (Phi) is 3.03. The van der Waals surface area contributed by atoms with Crippen molar-refractivity contribution in [2.45, 2.75) is 51.6 Å². The van der Waals surface area contributed by atoms with Crippen LogP contribution in [0.4, 0.5) is 0 Å². The van der Waals surface area contributed by atoms with Crippen molar-refractivity contribution in [2.75, 3.05) is 6.54 Å². The van der Waals surface area contributed by atoms with Crippen molar-refractivity contribution in [3.8, 4) is 0 Å². The lowest BCUT2D eigenvalue weighted by atomic mass is 9.88. The molecule has 2 N–H and O–H groups in total. The number of aliphatic imine (C=N–C) groups is 1. The molecule has 0 spiro atoms. The van der Waals surface area contributed by atoms with Gasteiger partial charge in [0, 0.05) is 18.0 Å². The second kappa shape index (κ2) is 4.58. The van der Waals surface area contributed by atoms with E-state index in [0.717, 1.165) is 31.1 Å². The molecule has 1 fully saturated rings. The van der Waals surface area contributed by atoms with Gasteiger partial charge in [-0.15, -0.1) is 0 Å². The molecule has 0 amide bonds. The minimum absolute atomic E-state index is 0.346. The van der Waals surface area contributed by atoms with E-state index in [4.69, 9.17) is 4.42 Å². The quantitative estimate of drug-likeness (QED) is 0.879. The zero-order chi connectivity index (χ0) is 13.5. The summed E-state index contributed by atoms with van der Waals surface area (Å²) in [6.45, 7) is 7.70. The number of nitrogens with one attached hydrogen (secondary N) is 2. The Hall–Kier alpha value is -1.45. The van der Waals surface area contributed by atoms with Gasteiger partial charge in [0.25, 0.3) is 0 Å². The van der Waals surface area contributed by atoms with Gasteiger partial charge in [0.1, 0.15) is 5.76 Å². The highest BCUT2D eigenvalue weighted by atomic mass is 16.3. The first kappa shape index (κ1) is 12.6. The zero-order valence-corrected chi connectivity index (χ0v) is 11.9. The lowest BCUT2D eigenvalue weighted by molar-refractivity contribution is 0.335. The number of hydrogen-bond donors (Lipinski definition) is 2. The summed E-state index contributed by atoms with van der Waals surface area (Å²) in [5.74, 6) is 2.57. The van der Waals surface area contributed by atoms with Gasteiger partial charge in [-0.25, -0.2) is 0 Å². The van der Waals surface area contributed by atoms with Crippen LogP contribution in [0.3, 0.4) is 0 Å². The van der Waals surface area contributed by atoms with Gasteiger partial charge < -0.3 is 15.1 Å². The molecule has 1 saturated carbocycles. The van der Waals surface area contributed by atoms with E-state index in [-0.39, 0.29) is 0 Å². The highest BCUT2D eigenvalue weighted by molar-refractivity contribution is 5.82. The maximum absolute atomic E-state index is 5.44. The highest BCUT2D eigenvalue weighted by Gasteiger charge is 2.41. The second-order valence-corrected chi connectivity index (χ2v) is 6.90. The third-order valence-electron chi connectivity index (χ3n) is 3.69. The highest BCUT2D eigenvalue weighted by Crippen LogP contribution is 2.40. The van der Waals surface area contributed by atoms with Crippen molar-refractivity contribution < 1.29 is 4.42 Å². The van der Waals surface area contributed by atoms with Crippen LogP contribution in [0.5, 0.6) is 0 Å². The molecular weight excluding hydrogens is 238 g/mol. The molecule has 0 aromatic carbocycles. The Morgan fingerprint density at radius 3 is 3.00 bits per heavy atom. The van der Waals surface area contributed by atoms with E-state index in [1.54, 1.807) is 6.26 Å². The fraction of sp³-hybridized carbons (Fsp3) is 0.667. The van der Waals surface area contributed by atoms with E-state index >= 15 is 0 Å². The fourth-order valence-electron chi connectivity index (χ4n) is 2.78. The summed E-state index contributed by atoms with van der Waals surface area (Å²) < 4.78 is 5.44. The molecule has 19 heavy (non-hydrogen) atoms. The van der Waals surface area contributed by atoms with E-state index < -0.39 is 0 Å². The average molecular weight is 261 g/mol. The van der Waals surface area contributed by atoms with Crippen LogP contribution < -0.4 is 10.6 Å². The predicted octanol–water partition coefficient (Wildman–Crippen LogP) is 2.49. The van der Waals surface area contributed by atoms with E-state index in [2.05, 4.69) is 42.5 Å². The van der Waals surface area contributed by atoms with Gasteiger partial charge in [0.2, 0.25) is 0 Å². The first-order valence-corrected chi connectivity index (χ1v) is 7.12. The van der Waals surface area contributed by atoms with Crippen molar-refractivity contribution >= 4 is 5.96 Å². The van der Waals surface area contributed by atoms with Crippen molar-refractivity contribution in [2.24, 2.45) is 10.4 Å². The molecule has 2 aliphatic rings. The second-order valence-electron chi connectivity index (χ2n) is 6.90. The Labute approximate surface area is 114 Å². The summed E-state index contributed by atoms with van der Waals surface area (Å²) in [6.07, 6.45) is 4.03. The summed E-state index contributed by atoms with van der Waals surface area (Å²) in [6, 6.07) is 4.96. The predicted molar refractivity (Wildman–Crippen MR) is 76.3 cm³/mol. The summed E-state index contributed by atoms with van der Waals surface area (Å²) in [5, 5.41) is 6.98. The van der Waals surface area contributed by atoms with Crippen LogP contribution in [0.2, 0.25) is 0 Å². The van der Waals surface area contributed by atoms with Gasteiger partial charge in [0.05, 0.1) is 12.8 Å². The third-order valence-corrected chi connectivity index (χ3v) is 3.69. The molecule has 104 valence electrons. The number of hydrogen-bond acceptors (Lipinski definition) is 4. The molecule has 1 aliphatic heterocycles. The molecule has 0 saturated heterocycles. The largest absolute Gasteiger partial charge is 0.469 e. The fourth-order valence-corrected chi connectivity index (χ4v) is 2.78. The molecule has 1 aliphatic carbocycles. The molecule has 4 heteroatoms. The van der Waals surface area contributed by atoms with Crippen LogP contribution in [-0.4, -0.2) is 24.6 Å².